The molecule has 0 aliphatic carbocycles. The Hall–Kier alpha value is -0.770. The number of benzene rings is 1. The van der Waals surface area contributed by atoms with Gasteiger partial charge in [-0.2, -0.15) is 0 Å². The summed E-state index contributed by atoms with van der Waals surface area (Å²) in [7, 11) is 0. The van der Waals surface area contributed by atoms with E-state index >= 15 is 0 Å². The van der Waals surface area contributed by atoms with Gasteiger partial charge in [0.15, 0.2) is 0 Å². The van der Waals surface area contributed by atoms with Crippen LogP contribution in [0.25, 0.3) is 0 Å². The zero-order chi connectivity index (χ0) is 12.4. The maximum absolute atomic E-state index is 11.7. The molecule has 1 fully saturated rings. The van der Waals surface area contributed by atoms with Crippen LogP contribution < -0.4 is 5.73 Å². The number of carbonyl (C=O) groups is 1. The van der Waals surface area contributed by atoms with Crippen LogP contribution in [-0.4, -0.2) is 23.9 Å². The summed E-state index contributed by atoms with van der Waals surface area (Å²) in [6, 6.07) is 5.60. The highest BCUT2D eigenvalue weighted by Crippen LogP contribution is 2.34. The molecule has 0 bridgehead atoms. The van der Waals surface area contributed by atoms with Gasteiger partial charge in [0.25, 0.3) is 0 Å². The second-order valence-corrected chi connectivity index (χ2v) is 4.94. The number of rotatable bonds is 2. The van der Waals surface area contributed by atoms with Crippen LogP contribution in [-0.2, 0) is 4.79 Å². The van der Waals surface area contributed by atoms with E-state index in [2.05, 4.69) is 0 Å². The number of likely N-dealkylation sites (tertiary alicyclic amines) is 1. The van der Waals surface area contributed by atoms with Gasteiger partial charge in [0, 0.05) is 6.54 Å². The molecule has 1 aliphatic rings. The third-order valence-corrected chi connectivity index (χ3v) is 3.82. The van der Waals surface area contributed by atoms with Crippen molar-refractivity contribution in [2.75, 3.05) is 13.1 Å². The van der Waals surface area contributed by atoms with Crippen molar-refractivity contribution >= 4 is 29.1 Å². The van der Waals surface area contributed by atoms with Gasteiger partial charge < -0.3 is 10.6 Å². The van der Waals surface area contributed by atoms with Gasteiger partial charge in [0.1, 0.15) is 0 Å². The summed E-state index contributed by atoms with van der Waals surface area (Å²) in [5, 5.41) is 1.06. The van der Waals surface area contributed by atoms with Gasteiger partial charge in [-0.15, -0.1) is 0 Å². The molecule has 92 valence electrons. The van der Waals surface area contributed by atoms with Crippen LogP contribution in [0.1, 0.15) is 24.4 Å². The highest BCUT2D eigenvalue weighted by atomic mass is 35.5. The van der Waals surface area contributed by atoms with Crippen molar-refractivity contribution in [1.82, 2.24) is 4.90 Å². The lowest BCUT2D eigenvalue weighted by molar-refractivity contribution is -0.130. The second-order valence-electron chi connectivity index (χ2n) is 4.12. The zero-order valence-corrected chi connectivity index (χ0v) is 10.8. The van der Waals surface area contributed by atoms with E-state index in [1.54, 1.807) is 6.07 Å². The largest absolute Gasteiger partial charge is 0.335 e. The molecule has 0 saturated carbocycles. The lowest BCUT2D eigenvalue weighted by Gasteiger charge is -2.24. The fourth-order valence-electron chi connectivity index (χ4n) is 2.25. The minimum Gasteiger partial charge on any atom is -0.335 e. The molecule has 1 aromatic carbocycles. The third kappa shape index (κ3) is 2.57. The molecule has 1 unspecified atom stereocenters. The number of nitrogens with two attached hydrogens (primary N) is 1. The first-order valence-corrected chi connectivity index (χ1v) is 6.33. The standard InChI is InChI=1S/C12H14Cl2N2O/c13-9-4-3-8(6-10(9)14)11-2-1-5-16(11)12(17)7-15/h3-4,6,11H,1-2,5,7,15H2. The van der Waals surface area contributed by atoms with Crippen molar-refractivity contribution in [2.45, 2.75) is 18.9 Å². The minimum absolute atomic E-state index is 0.0152. The Balaban J connectivity index is 2.26. The van der Waals surface area contributed by atoms with Crippen LogP contribution in [0, 0.1) is 0 Å². The van der Waals surface area contributed by atoms with Crippen LogP contribution in [0.5, 0.6) is 0 Å². The molecule has 5 heteroatoms. The van der Waals surface area contributed by atoms with E-state index in [4.69, 9.17) is 28.9 Å². The Morgan fingerprint density at radius 1 is 1.41 bits per heavy atom. The number of hydrogen-bond acceptors (Lipinski definition) is 2. The van der Waals surface area contributed by atoms with Crippen LogP contribution in [0.3, 0.4) is 0 Å². The highest BCUT2D eigenvalue weighted by molar-refractivity contribution is 6.42. The fourth-order valence-corrected chi connectivity index (χ4v) is 2.56. The molecule has 1 aliphatic heterocycles. The van der Waals surface area contributed by atoms with Gasteiger partial charge >= 0.3 is 0 Å². The monoisotopic (exact) mass is 272 g/mol. The molecule has 17 heavy (non-hydrogen) atoms. The third-order valence-electron chi connectivity index (χ3n) is 3.08. The van der Waals surface area contributed by atoms with E-state index in [1.165, 1.54) is 0 Å². The molecule has 1 amide bonds. The average molecular weight is 273 g/mol. The number of carbonyl (C=O) groups excluding carboxylic acids is 1. The Bertz CT molecular complexity index is 437. The molecule has 3 nitrogen and oxygen atoms in total. The van der Waals surface area contributed by atoms with E-state index in [0.29, 0.717) is 10.0 Å². The summed E-state index contributed by atoms with van der Waals surface area (Å²) in [4.78, 5) is 13.5. The van der Waals surface area contributed by atoms with Crippen LogP contribution >= 0.6 is 23.2 Å². The number of hydrogen-bond donors (Lipinski definition) is 1. The molecule has 1 atom stereocenters. The van der Waals surface area contributed by atoms with Crippen molar-refractivity contribution in [3.05, 3.63) is 33.8 Å². The second kappa shape index (κ2) is 5.25. The number of nitrogens with zero attached hydrogens (tertiary/aromatic N) is 1. The van der Waals surface area contributed by atoms with Gasteiger partial charge in [-0.25, -0.2) is 0 Å². The van der Waals surface area contributed by atoms with Gasteiger partial charge in [0.05, 0.1) is 22.6 Å². The summed E-state index contributed by atoms with van der Waals surface area (Å²) in [5.74, 6) is -0.0152. The van der Waals surface area contributed by atoms with Crippen molar-refractivity contribution in [1.29, 1.82) is 0 Å². The van der Waals surface area contributed by atoms with E-state index in [9.17, 15) is 4.79 Å². The van der Waals surface area contributed by atoms with E-state index in [-0.39, 0.29) is 18.5 Å². The number of amides is 1. The lowest BCUT2D eigenvalue weighted by atomic mass is 10.0. The topological polar surface area (TPSA) is 46.3 Å². The summed E-state index contributed by atoms with van der Waals surface area (Å²) in [6.07, 6.45) is 1.94. The van der Waals surface area contributed by atoms with Crippen molar-refractivity contribution < 1.29 is 4.79 Å². The van der Waals surface area contributed by atoms with Crippen molar-refractivity contribution in [3.8, 4) is 0 Å². The quantitative estimate of drug-likeness (QED) is 0.900. The SMILES string of the molecule is NCC(=O)N1CCCC1c1ccc(Cl)c(Cl)c1. The zero-order valence-electron chi connectivity index (χ0n) is 9.33. The molecular formula is C12H14Cl2N2O. The molecular weight excluding hydrogens is 259 g/mol. The Morgan fingerprint density at radius 3 is 2.82 bits per heavy atom. The van der Waals surface area contributed by atoms with Crippen LogP contribution in [0.15, 0.2) is 18.2 Å². The predicted molar refractivity (Wildman–Crippen MR) is 69.2 cm³/mol. The summed E-state index contributed by atoms with van der Waals surface area (Å²) in [6.45, 7) is 0.818. The molecule has 2 N–H and O–H groups in total. The van der Waals surface area contributed by atoms with Gasteiger partial charge in [0.2, 0.25) is 5.91 Å². The molecule has 1 aromatic rings. The molecule has 2 rings (SSSR count). The molecule has 1 saturated heterocycles. The van der Waals surface area contributed by atoms with E-state index in [0.717, 1.165) is 24.9 Å². The van der Waals surface area contributed by atoms with Crippen LogP contribution in [0.2, 0.25) is 10.0 Å². The normalized spacial score (nSPS) is 19.7. The Morgan fingerprint density at radius 2 is 2.18 bits per heavy atom. The molecule has 0 radical (unpaired) electrons. The number of halogens is 2. The van der Waals surface area contributed by atoms with Crippen molar-refractivity contribution in [3.63, 3.8) is 0 Å². The first-order valence-electron chi connectivity index (χ1n) is 5.58. The Kier molecular flexibility index (Phi) is 3.92. The molecule has 0 aromatic heterocycles. The average Bonchev–Trinajstić information content (AvgIpc) is 2.80. The summed E-state index contributed by atoms with van der Waals surface area (Å²) < 4.78 is 0. The predicted octanol–water partition coefficient (Wildman–Crippen LogP) is 2.62. The smallest absolute Gasteiger partial charge is 0.236 e. The van der Waals surface area contributed by atoms with Crippen LogP contribution in [0.4, 0.5) is 0 Å². The van der Waals surface area contributed by atoms with Crippen molar-refractivity contribution in [2.24, 2.45) is 5.73 Å². The summed E-state index contributed by atoms with van der Waals surface area (Å²) in [5.41, 5.74) is 6.43. The van der Waals surface area contributed by atoms with Gasteiger partial charge in [-0.3, -0.25) is 4.79 Å². The van der Waals surface area contributed by atoms with E-state index in [1.807, 2.05) is 17.0 Å². The fraction of sp³-hybridized carbons (Fsp3) is 0.417. The maximum Gasteiger partial charge on any atom is 0.236 e. The van der Waals surface area contributed by atoms with Gasteiger partial charge in [-0.1, -0.05) is 29.3 Å². The van der Waals surface area contributed by atoms with E-state index < -0.39 is 0 Å². The lowest BCUT2D eigenvalue weighted by Crippen LogP contribution is -2.35. The first kappa shape index (κ1) is 12.7. The van der Waals surface area contributed by atoms with Gasteiger partial charge in [-0.05, 0) is 30.5 Å². The maximum atomic E-state index is 11.7. The summed E-state index contributed by atoms with van der Waals surface area (Å²) >= 11 is 11.9. The molecule has 1 heterocycles. The Labute approximate surface area is 110 Å². The molecule has 0 spiro atoms. The highest BCUT2D eigenvalue weighted by Gasteiger charge is 2.29. The first-order chi connectivity index (χ1) is 8.13. The minimum atomic E-state index is -0.0152.